The van der Waals surface area contributed by atoms with Gasteiger partial charge in [0, 0.05) is 4.88 Å². The van der Waals surface area contributed by atoms with Crippen molar-refractivity contribution in [1.29, 1.82) is 0 Å². The second kappa shape index (κ2) is 5.98. The SMILES string of the molecule is C=Cc1sccc1CCCCCC. The topological polar surface area (TPSA) is 0 Å². The third-order valence-electron chi connectivity index (χ3n) is 2.27. The van der Waals surface area contributed by atoms with E-state index in [2.05, 4.69) is 24.9 Å². The van der Waals surface area contributed by atoms with Gasteiger partial charge in [-0.25, -0.2) is 0 Å². The van der Waals surface area contributed by atoms with Crippen molar-refractivity contribution in [2.45, 2.75) is 39.0 Å². The predicted molar refractivity (Wildman–Crippen MR) is 62.3 cm³/mol. The van der Waals surface area contributed by atoms with Crippen LogP contribution >= 0.6 is 11.3 Å². The van der Waals surface area contributed by atoms with Gasteiger partial charge in [0.2, 0.25) is 0 Å². The quantitative estimate of drug-likeness (QED) is 0.584. The maximum absolute atomic E-state index is 3.82. The largest absolute Gasteiger partial charge is 0.144 e. The van der Waals surface area contributed by atoms with E-state index >= 15 is 0 Å². The maximum atomic E-state index is 3.82. The van der Waals surface area contributed by atoms with Gasteiger partial charge in [-0.05, 0) is 29.9 Å². The van der Waals surface area contributed by atoms with Crippen molar-refractivity contribution in [2.75, 3.05) is 0 Å². The molecule has 0 radical (unpaired) electrons. The summed E-state index contributed by atoms with van der Waals surface area (Å²) in [6.45, 7) is 6.07. The van der Waals surface area contributed by atoms with Crippen LogP contribution in [0.25, 0.3) is 6.08 Å². The Morgan fingerprint density at radius 1 is 1.38 bits per heavy atom. The summed E-state index contributed by atoms with van der Waals surface area (Å²) in [5, 5.41) is 2.16. The molecular weight excluding hydrogens is 176 g/mol. The maximum Gasteiger partial charge on any atom is 0.0296 e. The summed E-state index contributed by atoms with van der Waals surface area (Å²) < 4.78 is 0. The first-order chi connectivity index (χ1) is 6.38. The van der Waals surface area contributed by atoms with Crippen molar-refractivity contribution in [3.63, 3.8) is 0 Å². The van der Waals surface area contributed by atoms with Crippen LogP contribution < -0.4 is 0 Å². The zero-order valence-electron chi connectivity index (χ0n) is 8.38. The van der Waals surface area contributed by atoms with Gasteiger partial charge in [0.25, 0.3) is 0 Å². The molecule has 0 amide bonds. The average molecular weight is 194 g/mol. The summed E-state index contributed by atoms with van der Waals surface area (Å²) in [5.41, 5.74) is 1.48. The average Bonchev–Trinajstić information content (AvgIpc) is 2.60. The minimum atomic E-state index is 1.23. The molecule has 0 aliphatic heterocycles. The standard InChI is InChI=1S/C12H18S/c1-3-5-6-7-8-11-9-10-13-12(11)4-2/h4,9-10H,2-3,5-8H2,1H3. The van der Waals surface area contributed by atoms with Crippen LogP contribution in [0.3, 0.4) is 0 Å². The fraction of sp³-hybridized carbons (Fsp3) is 0.500. The molecule has 0 unspecified atom stereocenters. The first kappa shape index (κ1) is 10.5. The Hall–Kier alpha value is -0.560. The third kappa shape index (κ3) is 3.35. The van der Waals surface area contributed by atoms with Gasteiger partial charge >= 0.3 is 0 Å². The molecule has 0 nitrogen and oxygen atoms in total. The number of hydrogen-bond donors (Lipinski definition) is 0. The van der Waals surface area contributed by atoms with E-state index in [1.54, 1.807) is 11.3 Å². The van der Waals surface area contributed by atoms with E-state index in [4.69, 9.17) is 0 Å². The van der Waals surface area contributed by atoms with Gasteiger partial charge < -0.3 is 0 Å². The molecule has 1 heterocycles. The smallest absolute Gasteiger partial charge is 0.0296 e. The molecule has 0 aliphatic carbocycles. The van der Waals surface area contributed by atoms with Crippen molar-refractivity contribution in [1.82, 2.24) is 0 Å². The highest BCUT2D eigenvalue weighted by Crippen LogP contribution is 2.20. The first-order valence-electron chi connectivity index (χ1n) is 5.07. The molecule has 0 bridgehead atoms. The van der Waals surface area contributed by atoms with Crippen LogP contribution in [0, 0.1) is 0 Å². The molecule has 0 spiro atoms. The molecule has 72 valence electrons. The van der Waals surface area contributed by atoms with Crippen molar-refractivity contribution < 1.29 is 0 Å². The number of aryl methyl sites for hydroxylation is 1. The summed E-state index contributed by atoms with van der Waals surface area (Å²) in [6.07, 6.45) is 8.57. The number of rotatable bonds is 6. The molecule has 0 atom stereocenters. The van der Waals surface area contributed by atoms with Gasteiger partial charge in [-0.15, -0.1) is 11.3 Å². The number of thiophene rings is 1. The minimum Gasteiger partial charge on any atom is -0.144 e. The molecule has 0 aromatic carbocycles. The monoisotopic (exact) mass is 194 g/mol. The lowest BCUT2D eigenvalue weighted by Crippen LogP contribution is -1.84. The van der Waals surface area contributed by atoms with Crippen LogP contribution in [0.5, 0.6) is 0 Å². The van der Waals surface area contributed by atoms with Gasteiger partial charge in [0.1, 0.15) is 0 Å². The van der Waals surface area contributed by atoms with E-state index in [9.17, 15) is 0 Å². The summed E-state index contributed by atoms with van der Waals surface area (Å²) in [6, 6.07) is 2.23. The van der Waals surface area contributed by atoms with Gasteiger partial charge in [-0.3, -0.25) is 0 Å². The van der Waals surface area contributed by atoms with Crippen LogP contribution in [0.4, 0.5) is 0 Å². The van der Waals surface area contributed by atoms with E-state index < -0.39 is 0 Å². The van der Waals surface area contributed by atoms with Gasteiger partial charge in [-0.2, -0.15) is 0 Å². The van der Waals surface area contributed by atoms with Crippen LogP contribution in [-0.4, -0.2) is 0 Å². The molecule has 1 rings (SSSR count). The summed E-state index contributed by atoms with van der Waals surface area (Å²) in [4.78, 5) is 1.36. The van der Waals surface area contributed by atoms with Crippen molar-refractivity contribution in [3.8, 4) is 0 Å². The fourth-order valence-electron chi connectivity index (χ4n) is 1.48. The summed E-state index contributed by atoms with van der Waals surface area (Å²) >= 11 is 1.80. The molecule has 1 heteroatoms. The van der Waals surface area contributed by atoms with Crippen LogP contribution in [0.2, 0.25) is 0 Å². The molecule has 0 saturated heterocycles. The van der Waals surface area contributed by atoms with E-state index in [1.165, 1.54) is 42.5 Å². The Bertz CT molecular complexity index is 247. The van der Waals surface area contributed by atoms with Crippen molar-refractivity contribution >= 4 is 17.4 Å². The van der Waals surface area contributed by atoms with E-state index in [0.29, 0.717) is 0 Å². The Labute approximate surface area is 85.3 Å². The van der Waals surface area contributed by atoms with Gasteiger partial charge in [0.15, 0.2) is 0 Å². The van der Waals surface area contributed by atoms with Crippen LogP contribution in [0.1, 0.15) is 43.0 Å². The third-order valence-corrected chi connectivity index (χ3v) is 3.22. The molecule has 0 saturated carbocycles. The van der Waals surface area contributed by atoms with Crippen molar-refractivity contribution in [2.24, 2.45) is 0 Å². The zero-order chi connectivity index (χ0) is 9.52. The predicted octanol–water partition coefficient (Wildman–Crippen LogP) is 4.51. The van der Waals surface area contributed by atoms with Gasteiger partial charge in [-0.1, -0.05) is 38.8 Å². The van der Waals surface area contributed by atoms with Crippen LogP contribution in [0.15, 0.2) is 18.0 Å². The van der Waals surface area contributed by atoms with E-state index in [0.717, 1.165) is 0 Å². The lowest BCUT2D eigenvalue weighted by molar-refractivity contribution is 0.667. The second-order valence-corrected chi connectivity index (χ2v) is 4.27. The molecule has 0 aliphatic rings. The van der Waals surface area contributed by atoms with E-state index in [1.807, 2.05) is 6.08 Å². The highest BCUT2D eigenvalue weighted by molar-refractivity contribution is 7.11. The van der Waals surface area contributed by atoms with E-state index in [-0.39, 0.29) is 0 Å². The lowest BCUT2D eigenvalue weighted by Gasteiger charge is -1.99. The first-order valence-corrected chi connectivity index (χ1v) is 5.95. The van der Waals surface area contributed by atoms with Gasteiger partial charge in [0.05, 0.1) is 0 Å². The molecule has 0 N–H and O–H groups in total. The molecule has 1 aromatic heterocycles. The Morgan fingerprint density at radius 2 is 2.23 bits per heavy atom. The normalized spacial score (nSPS) is 10.2. The highest BCUT2D eigenvalue weighted by atomic mass is 32.1. The Morgan fingerprint density at radius 3 is 2.92 bits per heavy atom. The minimum absolute atomic E-state index is 1.23. The Kier molecular flexibility index (Phi) is 4.84. The molecular formula is C12H18S. The number of unbranched alkanes of at least 4 members (excludes halogenated alkanes) is 3. The van der Waals surface area contributed by atoms with Crippen molar-refractivity contribution in [3.05, 3.63) is 28.5 Å². The van der Waals surface area contributed by atoms with Crippen LogP contribution in [-0.2, 0) is 6.42 Å². The second-order valence-electron chi connectivity index (χ2n) is 3.32. The molecule has 0 fully saturated rings. The Balaban J connectivity index is 2.31. The fourth-order valence-corrected chi connectivity index (χ4v) is 2.27. The summed E-state index contributed by atoms with van der Waals surface area (Å²) in [7, 11) is 0. The zero-order valence-corrected chi connectivity index (χ0v) is 9.20. The molecule has 1 aromatic rings. The molecule has 13 heavy (non-hydrogen) atoms. The number of hydrogen-bond acceptors (Lipinski definition) is 1. The summed E-state index contributed by atoms with van der Waals surface area (Å²) in [5.74, 6) is 0. The highest BCUT2D eigenvalue weighted by Gasteiger charge is 1.99. The lowest BCUT2D eigenvalue weighted by atomic mass is 10.1.